The maximum atomic E-state index is 11.4. The van der Waals surface area contributed by atoms with Crippen LogP contribution in [0, 0.1) is 0 Å². The number of carbonyl (C=O) groups is 2. The number of hydrogen-bond acceptors (Lipinski definition) is 3. The van der Waals surface area contributed by atoms with Crippen molar-refractivity contribution < 1.29 is 14.3 Å². The number of rotatable bonds is 5. The number of esters is 1. The number of nitrogens with zero attached hydrogens (tertiary/aromatic N) is 1. The largest absolute Gasteiger partial charge is 0.463 e. The van der Waals surface area contributed by atoms with E-state index in [-0.39, 0.29) is 11.9 Å². The summed E-state index contributed by atoms with van der Waals surface area (Å²) in [6, 6.07) is 7.43. The summed E-state index contributed by atoms with van der Waals surface area (Å²) in [5, 5.41) is 0. The molecule has 1 aromatic rings. The van der Waals surface area contributed by atoms with Gasteiger partial charge in [-0.05, 0) is 37.6 Å². The van der Waals surface area contributed by atoms with Gasteiger partial charge in [-0.25, -0.2) is 4.79 Å². The van der Waals surface area contributed by atoms with E-state index in [4.69, 9.17) is 4.74 Å². The molecule has 0 heterocycles. The second-order valence-electron chi connectivity index (χ2n) is 3.94. The molecule has 0 atom stereocenters. The summed E-state index contributed by atoms with van der Waals surface area (Å²) >= 11 is 0. The monoisotopic (exact) mass is 261 g/mol. The number of benzene rings is 1. The first-order valence-electron chi connectivity index (χ1n) is 6.31. The standard InChI is InChI=1S/C15H19NO3/c1-4-16(12(3)17)14-9-6-13(7-10-14)8-11-15(18)19-5-2/h6-11H,4-5H2,1-3H3/b11-8+. The first kappa shape index (κ1) is 15.0. The van der Waals surface area contributed by atoms with Gasteiger partial charge in [0, 0.05) is 25.2 Å². The highest BCUT2D eigenvalue weighted by Crippen LogP contribution is 2.16. The fraction of sp³-hybridized carbons (Fsp3) is 0.333. The molecule has 0 saturated heterocycles. The van der Waals surface area contributed by atoms with Crippen LogP contribution in [0.4, 0.5) is 5.69 Å². The number of anilines is 1. The second-order valence-corrected chi connectivity index (χ2v) is 3.94. The Labute approximate surface area is 113 Å². The molecule has 0 aliphatic carbocycles. The van der Waals surface area contributed by atoms with Gasteiger partial charge in [0.25, 0.3) is 0 Å². The van der Waals surface area contributed by atoms with Gasteiger partial charge in [0.2, 0.25) is 5.91 Å². The van der Waals surface area contributed by atoms with Gasteiger partial charge in [-0.2, -0.15) is 0 Å². The van der Waals surface area contributed by atoms with Crippen LogP contribution >= 0.6 is 0 Å². The van der Waals surface area contributed by atoms with Gasteiger partial charge in [0.05, 0.1) is 6.61 Å². The predicted molar refractivity (Wildman–Crippen MR) is 75.8 cm³/mol. The molecule has 0 aromatic heterocycles. The molecule has 0 aliphatic heterocycles. The molecule has 4 nitrogen and oxygen atoms in total. The number of amides is 1. The highest BCUT2D eigenvalue weighted by molar-refractivity contribution is 5.91. The van der Waals surface area contributed by atoms with Crippen LogP contribution in [0.5, 0.6) is 0 Å². The van der Waals surface area contributed by atoms with Gasteiger partial charge in [-0.1, -0.05) is 12.1 Å². The molecule has 0 N–H and O–H groups in total. The Morgan fingerprint density at radius 1 is 1.21 bits per heavy atom. The van der Waals surface area contributed by atoms with E-state index in [1.54, 1.807) is 17.9 Å². The zero-order chi connectivity index (χ0) is 14.3. The molecular weight excluding hydrogens is 242 g/mol. The predicted octanol–water partition coefficient (Wildman–Crippen LogP) is 2.64. The van der Waals surface area contributed by atoms with Crippen LogP contribution in [0.1, 0.15) is 26.3 Å². The maximum Gasteiger partial charge on any atom is 0.330 e. The first-order chi connectivity index (χ1) is 9.08. The summed E-state index contributed by atoms with van der Waals surface area (Å²) in [4.78, 5) is 24.2. The van der Waals surface area contributed by atoms with E-state index in [0.717, 1.165) is 11.3 Å². The van der Waals surface area contributed by atoms with Crippen LogP contribution in [-0.4, -0.2) is 25.0 Å². The van der Waals surface area contributed by atoms with Crippen molar-refractivity contribution in [2.24, 2.45) is 0 Å². The average Bonchev–Trinajstić information content (AvgIpc) is 2.38. The van der Waals surface area contributed by atoms with Crippen molar-refractivity contribution in [3.63, 3.8) is 0 Å². The molecule has 19 heavy (non-hydrogen) atoms. The lowest BCUT2D eigenvalue weighted by atomic mass is 10.2. The molecule has 4 heteroatoms. The fourth-order valence-electron chi connectivity index (χ4n) is 1.71. The van der Waals surface area contributed by atoms with Crippen molar-refractivity contribution in [3.05, 3.63) is 35.9 Å². The molecule has 0 bridgehead atoms. The minimum Gasteiger partial charge on any atom is -0.463 e. The molecule has 1 rings (SSSR count). The van der Waals surface area contributed by atoms with Crippen LogP contribution < -0.4 is 4.90 Å². The Hall–Kier alpha value is -2.10. The topological polar surface area (TPSA) is 46.6 Å². The lowest BCUT2D eigenvalue weighted by Crippen LogP contribution is -2.27. The smallest absolute Gasteiger partial charge is 0.330 e. The van der Waals surface area contributed by atoms with Crippen LogP contribution in [0.15, 0.2) is 30.3 Å². The highest BCUT2D eigenvalue weighted by Gasteiger charge is 2.07. The summed E-state index contributed by atoms with van der Waals surface area (Å²) in [6.07, 6.45) is 3.08. The molecule has 0 fully saturated rings. The highest BCUT2D eigenvalue weighted by atomic mass is 16.5. The number of carbonyl (C=O) groups excluding carboxylic acids is 2. The van der Waals surface area contributed by atoms with Gasteiger partial charge < -0.3 is 9.64 Å². The minimum absolute atomic E-state index is 0.0114. The molecule has 0 aliphatic rings. The van der Waals surface area contributed by atoms with E-state index in [1.165, 1.54) is 13.0 Å². The zero-order valence-corrected chi connectivity index (χ0v) is 11.6. The zero-order valence-electron chi connectivity index (χ0n) is 11.6. The van der Waals surface area contributed by atoms with Crippen molar-refractivity contribution >= 4 is 23.6 Å². The van der Waals surface area contributed by atoms with Crippen molar-refractivity contribution in [1.29, 1.82) is 0 Å². The van der Waals surface area contributed by atoms with Gasteiger partial charge in [-0.3, -0.25) is 4.79 Å². The quantitative estimate of drug-likeness (QED) is 0.604. The van der Waals surface area contributed by atoms with E-state index in [9.17, 15) is 9.59 Å². The molecule has 0 saturated carbocycles. The maximum absolute atomic E-state index is 11.4. The lowest BCUT2D eigenvalue weighted by Gasteiger charge is -2.18. The summed E-state index contributed by atoms with van der Waals surface area (Å²) < 4.78 is 4.80. The Bertz CT molecular complexity index is 463. The molecule has 0 spiro atoms. The molecule has 0 unspecified atom stereocenters. The van der Waals surface area contributed by atoms with Crippen molar-refractivity contribution in [3.8, 4) is 0 Å². The molecule has 1 aromatic carbocycles. The third-order valence-electron chi connectivity index (χ3n) is 2.60. The normalized spacial score (nSPS) is 10.5. The van der Waals surface area contributed by atoms with Crippen LogP contribution in [0.2, 0.25) is 0 Å². The van der Waals surface area contributed by atoms with E-state index < -0.39 is 0 Å². The third kappa shape index (κ3) is 4.58. The van der Waals surface area contributed by atoms with Gasteiger partial charge in [0.1, 0.15) is 0 Å². The van der Waals surface area contributed by atoms with Crippen molar-refractivity contribution in [2.75, 3.05) is 18.1 Å². The van der Waals surface area contributed by atoms with Gasteiger partial charge in [0.15, 0.2) is 0 Å². The fourth-order valence-corrected chi connectivity index (χ4v) is 1.71. The van der Waals surface area contributed by atoms with Gasteiger partial charge >= 0.3 is 5.97 Å². The lowest BCUT2D eigenvalue weighted by molar-refractivity contribution is -0.137. The van der Waals surface area contributed by atoms with Crippen LogP contribution in [-0.2, 0) is 14.3 Å². The van der Waals surface area contributed by atoms with Crippen LogP contribution in [0.3, 0.4) is 0 Å². The second kappa shape index (κ2) is 7.36. The molecular formula is C15H19NO3. The number of hydrogen-bond donors (Lipinski definition) is 0. The van der Waals surface area contributed by atoms with E-state index in [0.29, 0.717) is 13.2 Å². The van der Waals surface area contributed by atoms with Crippen molar-refractivity contribution in [2.45, 2.75) is 20.8 Å². The van der Waals surface area contributed by atoms with E-state index in [2.05, 4.69) is 0 Å². The number of ether oxygens (including phenoxy) is 1. The van der Waals surface area contributed by atoms with Crippen molar-refractivity contribution in [1.82, 2.24) is 0 Å². The van der Waals surface area contributed by atoms with Gasteiger partial charge in [-0.15, -0.1) is 0 Å². The van der Waals surface area contributed by atoms with E-state index in [1.807, 2.05) is 31.2 Å². The summed E-state index contributed by atoms with van der Waals surface area (Å²) in [5.41, 5.74) is 1.74. The summed E-state index contributed by atoms with van der Waals surface area (Å²) in [5.74, 6) is -0.345. The Kier molecular flexibility index (Phi) is 5.79. The molecule has 102 valence electrons. The first-order valence-corrected chi connectivity index (χ1v) is 6.31. The van der Waals surface area contributed by atoms with Crippen LogP contribution in [0.25, 0.3) is 6.08 Å². The van der Waals surface area contributed by atoms with E-state index >= 15 is 0 Å². The summed E-state index contributed by atoms with van der Waals surface area (Å²) in [7, 11) is 0. The SMILES string of the molecule is CCOC(=O)/C=C/c1ccc(N(CC)C(C)=O)cc1. The Morgan fingerprint density at radius 2 is 1.84 bits per heavy atom. The third-order valence-corrected chi connectivity index (χ3v) is 2.60. The average molecular weight is 261 g/mol. The Balaban J connectivity index is 2.76. The minimum atomic E-state index is -0.356. The summed E-state index contributed by atoms with van der Waals surface area (Å²) in [6.45, 7) is 6.23. The Morgan fingerprint density at radius 3 is 2.32 bits per heavy atom. The molecule has 0 radical (unpaired) electrons. The molecule has 1 amide bonds.